The van der Waals surface area contributed by atoms with Gasteiger partial charge in [0.1, 0.15) is 10.8 Å². The summed E-state index contributed by atoms with van der Waals surface area (Å²) in [6.45, 7) is 3.35. The van der Waals surface area contributed by atoms with E-state index in [1.54, 1.807) is 6.20 Å². The lowest BCUT2D eigenvalue weighted by molar-refractivity contribution is -0.154. The van der Waals surface area contributed by atoms with Crippen molar-refractivity contribution in [3.05, 3.63) is 23.4 Å². The molecule has 1 fully saturated rings. The first-order valence-electron chi connectivity index (χ1n) is 6.24. The smallest absolute Gasteiger partial charge is 0.336 e. The molecule has 108 valence electrons. The summed E-state index contributed by atoms with van der Waals surface area (Å²) < 4.78 is 10.1. The molecule has 2 rings (SSSR count). The van der Waals surface area contributed by atoms with Crippen LogP contribution >= 0.6 is 12.2 Å². The van der Waals surface area contributed by atoms with Gasteiger partial charge < -0.3 is 20.1 Å². The van der Waals surface area contributed by atoms with Crippen LogP contribution in [0.5, 0.6) is 0 Å². The minimum atomic E-state index is -0.616. The molecule has 20 heavy (non-hydrogen) atoms. The molecular formula is C13H17N3O3S. The average molecular weight is 295 g/mol. The molecule has 0 saturated carbocycles. The number of methoxy groups -OCH3 is 1. The summed E-state index contributed by atoms with van der Waals surface area (Å²) in [5.74, 6) is 0.300. The first-order valence-corrected chi connectivity index (χ1v) is 6.65. The summed E-state index contributed by atoms with van der Waals surface area (Å²) in [7, 11) is 1.34. The van der Waals surface area contributed by atoms with Crippen LogP contribution in [0.4, 0.5) is 5.82 Å². The van der Waals surface area contributed by atoms with Gasteiger partial charge in [-0.15, -0.1) is 0 Å². The minimum Gasteiger partial charge on any atom is -0.467 e. The van der Waals surface area contributed by atoms with Gasteiger partial charge in [-0.1, -0.05) is 12.2 Å². The van der Waals surface area contributed by atoms with Crippen LogP contribution in [-0.4, -0.2) is 48.9 Å². The van der Waals surface area contributed by atoms with Gasteiger partial charge in [0.25, 0.3) is 0 Å². The standard InChI is InChI=1S/C13H17N3O3S/c1-8-3-4-15-12(10(8)11(14)20)16-5-6-19-9(7-16)13(17)18-2/h3-4,9H,5-7H2,1-2H3,(H2,14,20). The maximum absolute atomic E-state index is 11.6. The molecule has 1 saturated heterocycles. The van der Waals surface area contributed by atoms with Gasteiger partial charge in [0, 0.05) is 12.7 Å². The Morgan fingerprint density at radius 3 is 3.05 bits per heavy atom. The highest BCUT2D eigenvalue weighted by molar-refractivity contribution is 7.80. The number of nitrogens with two attached hydrogens (primary N) is 1. The topological polar surface area (TPSA) is 77.7 Å². The molecule has 0 amide bonds. The Morgan fingerprint density at radius 2 is 2.40 bits per heavy atom. The summed E-state index contributed by atoms with van der Waals surface area (Å²) >= 11 is 5.10. The Kier molecular flexibility index (Phi) is 4.51. The van der Waals surface area contributed by atoms with Crippen molar-refractivity contribution < 1.29 is 14.3 Å². The number of morpholine rings is 1. The Morgan fingerprint density at radius 1 is 1.65 bits per heavy atom. The van der Waals surface area contributed by atoms with E-state index in [1.165, 1.54) is 7.11 Å². The lowest BCUT2D eigenvalue weighted by Gasteiger charge is -2.33. The molecular weight excluding hydrogens is 278 g/mol. The highest BCUT2D eigenvalue weighted by Crippen LogP contribution is 2.23. The fraction of sp³-hybridized carbons (Fsp3) is 0.462. The average Bonchev–Trinajstić information content (AvgIpc) is 2.45. The number of aromatic nitrogens is 1. The molecule has 1 aromatic heterocycles. The van der Waals surface area contributed by atoms with Crippen molar-refractivity contribution in [1.82, 2.24) is 4.98 Å². The van der Waals surface area contributed by atoms with Crippen molar-refractivity contribution >= 4 is 29.0 Å². The predicted octanol–water partition coefficient (Wildman–Crippen LogP) is 0.402. The summed E-state index contributed by atoms with van der Waals surface area (Å²) in [5, 5.41) is 0. The Labute approximate surface area is 122 Å². The van der Waals surface area contributed by atoms with E-state index in [9.17, 15) is 4.79 Å². The molecule has 0 bridgehead atoms. The molecule has 1 aliphatic heterocycles. The van der Waals surface area contributed by atoms with Gasteiger partial charge >= 0.3 is 5.97 Å². The van der Waals surface area contributed by atoms with Gasteiger partial charge in [-0.2, -0.15) is 0 Å². The number of carbonyl (C=O) groups is 1. The van der Waals surface area contributed by atoms with Crippen LogP contribution in [0, 0.1) is 6.92 Å². The van der Waals surface area contributed by atoms with Gasteiger partial charge in [0.15, 0.2) is 6.10 Å². The number of hydrogen-bond acceptors (Lipinski definition) is 6. The van der Waals surface area contributed by atoms with E-state index in [0.717, 1.165) is 11.1 Å². The van der Waals surface area contributed by atoms with Crippen LogP contribution in [0.2, 0.25) is 0 Å². The summed E-state index contributed by atoms with van der Waals surface area (Å²) in [5.41, 5.74) is 7.49. The summed E-state index contributed by atoms with van der Waals surface area (Å²) in [6, 6.07) is 1.86. The van der Waals surface area contributed by atoms with Gasteiger partial charge in [0.05, 0.1) is 25.8 Å². The van der Waals surface area contributed by atoms with E-state index >= 15 is 0 Å². The second kappa shape index (κ2) is 6.15. The third kappa shape index (κ3) is 2.88. The van der Waals surface area contributed by atoms with E-state index in [2.05, 4.69) is 4.98 Å². The second-order valence-corrected chi connectivity index (χ2v) is 4.96. The largest absolute Gasteiger partial charge is 0.467 e. The minimum absolute atomic E-state index is 0.298. The van der Waals surface area contributed by atoms with Crippen molar-refractivity contribution in [3.8, 4) is 0 Å². The van der Waals surface area contributed by atoms with Crippen LogP contribution in [0.1, 0.15) is 11.1 Å². The van der Waals surface area contributed by atoms with Crippen LogP contribution in [-0.2, 0) is 14.3 Å². The number of carbonyl (C=O) groups excluding carboxylic acids is 1. The molecule has 0 aromatic carbocycles. The lowest BCUT2D eigenvalue weighted by Crippen LogP contribution is -2.47. The molecule has 7 heteroatoms. The van der Waals surface area contributed by atoms with Crippen LogP contribution in [0.3, 0.4) is 0 Å². The van der Waals surface area contributed by atoms with Crippen LogP contribution in [0.25, 0.3) is 0 Å². The zero-order valence-corrected chi connectivity index (χ0v) is 12.3. The van der Waals surface area contributed by atoms with E-state index in [4.69, 9.17) is 27.4 Å². The third-order valence-corrected chi connectivity index (χ3v) is 3.42. The third-order valence-electron chi connectivity index (χ3n) is 3.22. The van der Waals surface area contributed by atoms with Crippen LogP contribution < -0.4 is 10.6 Å². The van der Waals surface area contributed by atoms with Gasteiger partial charge in [-0.05, 0) is 18.6 Å². The summed E-state index contributed by atoms with van der Waals surface area (Å²) in [6.07, 6.45) is 1.09. The number of pyridine rings is 1. The van der Waals surface area contributed by atoms with Crippen molar-refractivity contribution in [3.63, 3.8) is 0 Å². The zero-order chi connectivity index (χ0) is 14.7. The molecule has 0 spiro atoms. The Hall–Kier alpha value is -1.73. The molecule has 6 nitrogen and oxygen atoms in total. The van der Waals surface area contributed by atoms with Gasteiger partial charge in [-0.3, -0.25) is 0 Å². The molecule has 1 aliphatic rings. The van der Waals surface area contributed by atoms with E-state index in [1.807, 2.05) is 17.9 Å². The first-order chi connectivity index (χ1) is 9.54. The lowest BCUT2D eigenvalue weighted by atomic mass is 10.1. The maximum atomic E-state index is 11.6. The second-order valence-electron chi connectivity index (χ2n) is 4.52. The Balaban J connectivity index is 2.30. The van der Waals surface area contributed by atoms with Crippen molar-refractivity contribution in [2.75, 3.05) is 31.7 Å². The number of thiocarbonyl (C=S) groups is 1. The monoisotopic (exact) mass is 295 g/mol. The molecule has 2 heterocycles. The molecule has 0 radical (unpaired) electrons. The first kappa shape index (κ1) is 14.7. The zero-order valence-electron chi connectivity index (χ0n) is 11.5. The molecule has 1 atom stereocenters. The number of ether oxygens (including phenoxy) is 2. The number of anilines is 1. The summed E-state index contributed by atoms with van der Waals surface area (Å²) in [4.78, 5) is 18.2. The van der Waals surface area contributed by atoms with Gasteiger partial charge in [0.2, 0.25) is 0 Å². The highest BCUT2D eigenvalue weighted by atomic mass is 32.1. The fourth-order valence-corrected chi connectivity index (χ4v) is 2.46. The predicted molar refractivity (Wildman–Crippen MR) is 78.8 cm³/mol. The SMILES string of the molecule is COC(=O)C1CN(c2nccc(C)c2C(N)=S)CCO1. The number of hydrogen-bond donors (Lipinski definition) is 1. The Bertz CT molecular complexity index is 536. The van der Waals surface area contributed by atoms with Crippen LogP contribution in [0.15, 0.2) is 12.3 Å². The fourth-order valence-electron chi connectivity index (χ4n) is 2.20. The molecule has 1 aromatic rings. The maximum Gasteiger partial charge on any atom is 0.336 e. The molecule has 2 N–H and O–H groups in total. The number of aryl methyl sites for hydroxylation is 1. The number of rotatable bonds is 3. The van der Waals surface area contributed by atoms with Crippen molar-refractivity contribution in [2.45, 2.75) is 13.0 Å². The highest BCUT2D eigenvalue weighted by Gasteiger charge is 2.29. The van der Waals surface area contributed by atoms with E-state index in [-0.39, 0.29) is 5.97 Å². The number of esters is 1. The number of nitrogens with zero attached hydrogens (tertiary/aromatic N) is 2. The van der Waals surface area contributed by atoms with Gasteiger partial charge in [-0.25, -0.2) is 9.78 Å². The molecule has 0 aliphatic carbocycles. The van der Waals surface area contributed by atoms with Crippen molar-refractivity contribution in [2.24, 2.45) is 5.73 Å². The van der Waals surface area contributed by atoms with E-state index in [0.29, 0.717) is 30.5 Å². The van der Waals surface area contributed by atoms with Crippen molar-refractivity contribution in [1.29, 1.82) is 0 Å². The quantitative estimate of drug-likeness (QED) is 0.639. The van der Waals surface area contributed by atoms with E-state index < -0.39 is 6.10 Å². The normalized spacial score (nSPS) is 18.7. The molecule has 1 unspecified atom stereocenters.